The molecule has 1 aliphatic heterocycles. The van der Waals surface area contributed by atoms with Crippen molar-refractivity contribution < 1.29 is 32.3 Å². The molecule has 1 aliphatic rings. The van der Waals surface area contributed by atoms with Crippen molar-refractivity contribution in [3.63, 3.8) is 0 Å². The third-order valence-electron chi connectivity index (χ3n) is 5.60. The molecule has 186 valence electrons. The Bertz CT molecular complexity index is 1260. The van der Waals surface area contributed by atoms with Crippen molar-refractivity contribution >= 4 is 50.7 Å². The monoisotopic (exact) mass is 525 g/mol. The number of carbonyl (C=O) groups is 3. The topological polar surface area (TPSA) is 88.6 Å². The van der Waals surface area contributed by atoms with Crippen LogP contribution in [0, 0.1) is 6.92 Å². The van der Waals surface area contributed by atoms with E-state index in [0.717, 1.165) is 30.4 Å². The fourth-order valence-electron chi connectivity index (χ4n) is 3.90. The van der Waals surface area contributed by atoms with E-state index in [2.05, 4.69) is 10.3 Å². The first-order valence-corrected chi connectivity index (χ1v) is 12.6. The molecule has 4 rings (SSSR count). The largest absolute Gasteiger partial charge is 0.451 e. The smallest absolute Gasteiger partial charge is 0.417 e. The summed E-state index contributed by atoms with van der Waals surface area (Å²) in [7, 11) is 0. The Morgan fingerprint density at radius 1 is 1.31 bits per heavy atom. The van der Waals surface area contributed by atoms with E-state index in [1.54, 1.807) is 22.4 Å². The number of hydrogen-bond acceptors (Lipinski definition) is 7. The summed E-state index contributed by atoms with van der Waals surface area (Å²) in [6.07, 6.45) is -2.68. The number of alkyl halides is 3. The van der Waals surface area contributed by atoms with Gasteiger partial charge in [0.15, 0.2) is 6.61 Å². The Hall–Kier alpha value is -2.99. The summed E-state index contributed by atoms with van der Waals surface area (Å²) < 4.78 is 46.6. The third kappa shape index (κ3) is 5.64. The second kappa shape index (κ2) is 10.3. The lowest BCUT2D eigenvalue weighted by Gasteiger charge is -2.15. The highest BCUT2D eigenvalue weighted by atomic mass is 32.1. The van der Waals surface area contributed by atoms with Crippen LogP contribution >= 0.6 is 22.7 Å². The van der Waals surface area contributed by atoms with Crippen LogP contribution in [0.4, 0.5) is 13.2 Å². The molecule has 4 heterocycles. The summed E-state index contributed by atoms with van der Waals surface area (Å²) in [5, 5.41) is 4.21. The molecule has 0 saturated carbocycles. The molecule has 0 radical (unpaired) electrons. The lowest BCUT2D eigenvalue weighted by molar-refractivity contribution is -0.136. The Kier molecular flexibility index (Phi) is 7.41. The van der Waals surface area contributed by atoms with Gasteiger partial charge in [0.1, 0.15) is 9.71 Å². The minimum atomic E-state index is -4.64. The molecular weight excluding hydrogens is 503 g/mol. The van der Waals surface area contributed by atoms with Gasteiger partial charge >= 0.3 is 12.1 Å². The van der Waals surface area contributed by atoms with E-state index in [1.165, 1.54) is 18.3 Å². The first kappa shape index (κ1) is 25.1. The van der Waals surface area contributed by atoms with E-state index in [4.69, 9.17) is 4.74 Å². The van der Waals surface area contributed by atoms with E-state index in [-0.39, 0.29) is 32.3 Å². The Morgan fingerprint density at radius 3 is 2.77 bits per heavy atom. The van der Waals surface area contributed by atoms with Gasteiger partial charge in [0.2, 0.25) is 5.91 Å². The first-order valence-electron chi connectivity index (χ1n) is 10.9. The van der Waals surface area contributed by atoms with Crippen molar-refractivity contribution in [3.8, 4) is 10.6 Å². The Morgan fingerprint density at radius 2 is 2.11 bits per heavy atom. The van der Waals surface area contributed by atoms with Crippen LogP contribution in [0.2, 0.25) is 0 Å². The molecule has 1 saturated heterocycles. The van der Waals surface area contributed by atoms with Crippen molar-refractivity contribution in [2.24, 2.45) is 0 Å². The summed E-state index contributed by atoms with van der Waals surface area (Å²) in [6, 6.07) is 4.39. The number of fused-ring (bicyclic) bond motifs is 1. The van der Waals surface area contributed by atoms with Crippen molar-refractivity contribution in [1.82, 2.24) is 15.2 Å². The van der Waals surface area contributed by atoms with Gasteiger partial charge in [-0.05, 0) is 42.8 Å². The van der Waals surface area contributed by atoms with Crippen molar-refractivity contribution in [3.05, 3.63) is 39.6 Å². The Balaban J connectivity index is 1.42. The first-order chi connectivity index (χ1) is 16.6. The van der Waals surface area contributed by atoms with Gasteiger partial charge < -0.3 is 15.0 Å². The van der Waals surface area contributed by atoms with Crippen LogP contribution in [0.15, 0.2) is 23.6 Å². The third-order valence-corrected chi connectivity index (χ3v) is 7.66. The van der Waals surface area contributed by atoms with Crippen molar-refractivity contribution in [2.45, 2.75) is 32.4 Å². The molecule has 2 amide bonds. The number of amides is 2. The summed E-state index contributed by atoms with van der Waals surface area (Å²) in [5.74, 6) is -1.30. The number of aromatic nitrogens is 1. The average Bonchev–Trinajstić information content (AvgIpc) is 3.55. The number of rotatable bonds is 8. The predicted octanol–water partition coefficient (Wildman–Crippen LogP) is 4.64. The normalized spacial score (nSPS) is 14.1. The van der Waals surface area contributed by atoms with Crippen molar-refractivity contribution in [1.29, 1.82) is 0 Å². The second-order valence-corrected chi connectivity index (χ2v) is 9.98. The number of likely N-dealkylation sites (tertiary alicyclic amines) is 1. The zero-order valence-corrected chi connectivity index (χ0v) is 20.4. The average molecular weight is 526 g/mol. The minimum absolute atomic E-state index is 0.0262. The molecule has 0 spiro atoms. The molecule has 1 N–H and O–H groups in total. The summed E-state index contributed by atoms with van der Waals surface area (Å²) in [5.41, 5.74) is -0.577. The highest BCUT2D eigenvalue weighted by Crippen LogP contribution is 2.42. The standard InChI is InChI=1S/C23H22F3N3O4S2/c1-13-19-14(23(24,25)26)11-15(16-5-3-10-34-16)28-21(19)35-20(13)22(32)33-12-17(30)27-7-4-9-29-8-2-6-18(29)31/h3,5,10-11H,2,4,6-9,12H2,1H3,(H,27,30). The summed E-state index contributed by atoms with van der Waals surface area (Å²) >= 11 is 2.08. The van der Waals surface area contributed by atoms with Gasteiger partial charge in [0, 0.05) is 31.4 Å². The van der Waals surface area contributed by atoms with Gasteiger partial charge in [-0.25, -0.2) is 9.78 Å². The lowest BCUT2D eigenvalue weighted by Crippen LogP contribution is -2.32. The molecule has 3 aromatic heterocycles. The fraction of sp³-hybridized carbons (Fsp3) is 0.391. The maximum Gasteiger partial charge on any atom is 0.417 e. The molecule has 0 aromatic carbocycles. The van der Waals surface area contributed by atoms with Crippen LogP contribution < -0.4 is 5.32 Å². The second-order valence-electron chi connectivity index (χ2n) is 8.03. The fourth-order valence-corrected chi connectivity index (χ4v) is 5.69. The van der Waals surface area contributed by atoms with E-state index in [0.29, 0.717) is 30.8 Å². The van der Waals surface area contributed by atoms with Crippen LogP contribution in [-0.2, 0) is 20.5 Å². The van der Waals surface area contributed by atoms with Gasteiger partial charge in [0.05, 0.1) is 16.1 Å². The molecule has 7 nitrogen and oxygen atoms in total. The van der Waals surface area contributed by atoms with Gasteiger partial charge in [0.25, 0.3) is 5.91 Å². The zero-order valence-electron chi connectivity index (χ0n) is 18.7. The molecular formula is C23H22F3N3O4S2. The van der Waals surface area contributed by atoms with Crippen LogP contribution in [0.5, 0.6) is 0 Å². The minimum Gasteiger partial charge on any atom is -0.451 e. The van der Waals surface area contributed by atoms with Gasteiger partial charge in [-0.3, -0.25) is 9.59 Å². The highest BCUT2D eigenvalue weighted by molar-refractivity contribution is 7.20. The van der Waals surface area contributed by atoms with E-state index in [9.17, 15) is 27.6 Å². The maximum atomic E-state index is 13.8. The van der Waals surface area contributed by atoms with Crippen LogP contribution in [-0.4, -0.2) is 53.9 Å². The quantitative estimate of drug-likeness (QED) is 0.342. The molecule has 12 heteroatoms. The molecule has 0 bridgehead atoms. The predicted molar refractivity (Wildman–Crippen MR) is 126 cm³/mol. The van der Waals surface area contributed by atoms with Crippen LogP contribution in [0.3, 0.4) is 0 Å². The number of pyridine rings is 1. The maximum absolute atomic E-state index is 13.8. The summed E-state index contributed by atoms with van der Waals surface area (Å²) in [4.78, 5) is 42.9. The number of esters is 1. The number of carbonyl (C=O) groups excluding carboxylic acids is 3. The Labute approximate surface area is 206 Å². The summed E-state index contributed by atoms with van der Waals surface area (Å²) in [6.45, 7) is 2.43. The number of nitrogens with one attached hydrogen (secondary N) is 1. The molecule has 0 aliphatic carbocycles. The molecule has 1 fully saturated rings. The van der Waals surface area contributed by atoms with Gasteiger partial charge in [-0.15, -0.1) is 22.7 Å². The van der Waals surface area contributed by atoms with E-state index >= 15 is 0 Å². The number of hydrogen-bond donors (Lipinski definition) is 1. The van der Waals surface area contributed by atoms with Crippen LogP contribution in [0.25, 0.3) is 20.8 Å². The lowest BCUT2D eigenvalue weighted by atomic mass is 10.1. The van der Waals surface area contributed by atoms with Crippen LogP contribution in [0.1, 0.15) is 40.1 Å². The number of nitrogens with zero attached hydrogens (tertiary/aromatic N) is 2. The zero-order chi connectivity index (χ0) is 25.2. The van der Waals surface area contributed by atoms with Gasteiger partial charge in [-0.2, -0.15) is 13.2 Å². The number of thiophene rings is 2. The molecule has 3 aromatic rings. The molecule has 0 atom stereocenters. The van der Waals surface area contributed by atoms with E-state index in [1.807, 2.05) is 0 Å². The number of ether oxygens (including phenoxy) is 1. The van der Waals surface area contributed by atoms with Gasteiger partial charge in [-0.1, -0.05) is 6.07 Å². The van der Waals surface area contributed by atoms with E-state index < -0.39 is 30.2 Å². The molecule has 0 unspecified atom stereocenters. The SMILES string of the molecule is Cc1c(C(=O)OCC(=O)NCCCN2CCCC2=O)sc2nc(-c3cccs3)cc(C(F)(F)F)c12. The molecule has 35 heavy (non-hydrogen) atoms. The number of halogens is 3. The van der Waals surface area contributed by atoms with Crippen molar-refractivity contribution in [2.75, 3.05) is 26.2 Å². The number of aryl methyl sites for hydroxylation is 1. The highest BCUT2D eigenvalue weighted by Gasteiger charge is 2.36.